The number of furan rings is 1. The molecule has 31 heavy (non-hydrogen) atoms. The Bertz CT molecular complexity index is 1120. The van der Waals surface area contributed by atoms with Gasteiger partial charge in [-0.15, -0.1) is 0 Å². The molecular weight excluding hydrogens is 411 g/mol. The second kappa shape index (κ2) is 9.63. The van der Waals surface area contributed by atoms with Crippen molar-refractivity contribution in [2.45, 2.75) is 19.3 Å². The number of ether oxygens (including phenoxy) is 1. The average Bonchev–Trinajstić information content (AvgIpc) is 3.22. The summed E-state index contributed by atoms with van der Waals surface area (Å²) in [6.45, 7) is 0.0375. The van der Waals surface area contributed by atoms with E-state index in [9.17, 15) is 23.2 Å². The number of carbonyl (C=O) groups is 1. The standard InChI is InChI=1S/C22H16F3N3O3/c23-22(24,25)16-4-3-6-18(11-16)30-14-20-8-7-19(31-20)10-15(12-26)21(29)28-13-17-5-1-2-9-27-17/h1-11H,13-14H2,(H,28,29). The number of aromatic nitrogens is 1. The molecule has 0 radical (unpaired) electrons. The molecule has 0 fully saturated rings. The van der Waals surface area contributed by atoms with Gasteiger partial charge in [0.25, 0.3) is 5.91 Å². The number of nitriles is 1. The number of nitrogens with zero attached hydrogens (tertiary/aromatic N) is 2. The third-order valence-electron chi connectivity index (χ3n) is 4.03. The molecule has 158 valence electrons. The number of carbonyl (C=O) groups excluding carboxylic acids is 1. The molecule has 0 saturated carbocycles. The summed E-state index contributed by atoms with van der Waals surface area (Å²) < 4.78 is 49.1. The minimum absolute atomic E-state index is 0.0370. The first-order valence-corrected chi connectivity index (χ1v) is 9.04. The van der Waals surface area contributed by atoms with E-state index in [0.717, 1.165) is 12.1 Å². The number of hydrogen-bond acceptors (Lipinski definition) is 5. The molecule has 3 aromatic rings. The Hall–Kier alpha value is -4.06. The zero-order valence-electron chi connectivity index (χ0n) is 16.0. The van der Waals surface area contributed by atoms with Crippen LogP contribution in [0.1, 0.15) is 22.8 Å². The average molecular weight is 427 g/mol. The van der Waals surface area contributed by atoms with Gasteiger partial charge in [-0.3, -0.25) is 9.78 Å². The lowest BCUT2D eigenvalue weighted by Crippen LogP contribution is -2.24. The van der Waals surface area contributed by atoms with Crippen LogP contribution in [-0.4, -0.2) is 10.9 Å². The van der Waals surface area contributed by atoms with E-state index in [0.29, 0.717) is 11.5 Å². The van der Waals surface area contributed by atoms with Crippen LogP contribution in [0.25, 0.3) is 6.08 Å². The number of nitrogens with one attached hydrogen (secondary N) is 1. The van der Waals surface area contributed by atoms with Crippen molar-refractivity contribution in [1.82, 2.24) is 10.3 Å². The summed E-state index contributed by atoms with van der Waals surface area (Å²) in [6.07, 6.45) is -1.61. The van der Waals surface area contributed by atoms with Crippen LogP contribution in [0.5, 0.6) is 5.75 Å². The molecule has 0 unspecified atom stereocenters. The van der Waals surface area contributed by atoms with E-state index in [2.05, 4.69) is 10.3 Å². The fourth-order valence-electron chi connectivity index (χ4n) is 2.53. The molecule has 0 aliphatic carbocycles. The first-order valence-electron chi connectivity index (χ1n) is 9.04. The van der Waals surface area contributed by atoms with Gasteiger partial charge in [-0.2, -0.15) is 18.4 Å². The normalized spacial score (nSPS) is 11.6. The van der Waals surface area contributed by atoms with E-state index >= 15 is 0 Å². The molecule has 2 aromatic heterocycles. The number of halogens is 3. The van der Waals surface area contributed by atoms with Crippen LogP contribution in [-0.2, 0) is 24.1 Å². The molecule has 2 heterocycles. The van der Waals surface area contributed by atoms with Gasteiger partial charge in [-0.1, -0.05) is 12.1 Å². The zero-order valence-corrected chi connectivity index (χ0v) is 16.0. The molecule has 0 spiro atoms. The Morgan fingerprint density at radius 3 is 2.74 bits per heavy atom. The summed E-state index contributed by atoms with van der Waals surface area (Å²) in [4.78, 5) is 16.3. The van der Waals surface area contributed by atoms with Crippen molar-refractivity contribution in [2.24, 2.45) is 0 Å². The molecule has 3 rings (SSSR count). The largest absolute Gasteiger partial charge is 0.486 e. The van der Waals surface area contributed by atoms with Crippen molar-refractivity contribution in [2.75, 3.05) is 0 Å². The molecule has 0 bridgehead atoms. The quantitative estimate of drug-likeness (QED) is 0.443. The number of alkyl halides is 3. The summed E-state index contributed by atoms with van der Waals surface area (Å²) in [5.74, 6) is -0.0109. The van der Waals surface area contributed by atoms with Crippen molar-refractivity contribution in [3.8, 4) is 11.8 Å². The Morgan fingerprint density at radius 2 is 2.03 bits per heavy atom. The highest BCUT2D eigenvalue weighted by molar-refractivity contribution is 6.01. The maximum absolute atomic E-state index is 12.8. The van der Waals surface area contributed by atoms with Crippen LogP contribution in [0.15, 0.2) is 70.8 Å². The number of benzene rings is 1. The van der Waals surface area contributed by atoms with Gasteiger partial charge >= 0.3 is 6.18 Å². The SMILES string of the molecule is N#CC(=Cc1ccc(COc2cccc(C(F)(F)F)c2)o1)C(=O)NCc1ccccn1. The molecule has 9 heteroatoms. The van der Waals surface area contributed by atoms with Gasteiger partial charge in [0, 0.05) is 12.3 Å². The molecular formula is C22H16F3N3O3. The summed E-state index contributed by atoms with van der Waals surface area (Å²) in [5, 5.41) is 11.8. The number of amides is 1. The molecule has 1 amide bonds. The lowest BCUT2D eigenvalue weighted by molar-refractivity contribution is -0.137. The highest BCUT2D eigenvalue weighted by Crippen LogP contribution is 2.31. The molecule has 6 nitrogen and oxygen atoms in total. The van der Waals surface area contributed by atoms with Gasteiger partial charge in [0.15, 0.2) is 0 Å². The van der Waals surface area contributed by atoms with Crippen molar-refractivity contribution in [3.63, 3.8) is 0 Å². The lowest BCUT2D eigenvalue weighted by Gasteiger charge is -2.09. The van der Waals surface area contributed by atoms with E-state index in [-0.39, 0.29) is 30.2 Å². The molecule has 0 aliphatic heterocycles. The van der Waals surface area contributed by atoms with E-state index < -0.39 is 17.6 Å². The number of pyridine rings is 1. The van der Waals surface area contributed by atoms with Crippen LogP contribution in [0.2, 0.25) is 0 Å². The Balaban J connectivity index is 1.60. The van der Waals surface area contributed by atoms with Gasteiger partial charge < -0.3 is 14.5 Å². The minimum atomic E-state index is -4.47. The third-order valence-corrected chi connectivity index (χ3v) is 4.03. The first kappa shape index (κ1) is 21.6. The van der Waals surface area contributed by atoms with E-state index in [1.54, 1.807) is 36.5 Å². The first-order chi connectivity index (χ1) is 14.8. The monoisotopic (exact) mass is 427 g/mol. The minimum Gasteiger partial charge on any atom is -0.486 e. The summed E-state index contributed by atoms with van der Waals surface area (Å²) in [5.41, 5.74) is -0.348. The molecule has 0 aliphatic rings. The Kier molecular flexibility index (Phi) is 6.72. The number of hydrogen-bond donors (Lipinski definition) is 1. The van der Waals surface area contributed by atoms with Crippen LogP contribution in [0.3, 0.4) is 0 Å². The van der Waals surface area contributed by atoms with Gasteiger partial charge in [0.2, 0.25) is 0 Å². The Labute approximate surface area is 175 Å². The van der Waals surface area contributed by atoms with E-state index in [1.165, 1.54) is 24.3 Å². The topological polar surface area (TPSA) is 88.1 Å². The van der Waals surface area contributed by atoms with Crippen LogP contribution < -0.4 is 10.1 Å². The molecule has 0 atom stereocenters. The summed E-state index contributed by atoms with van der Waals surface area (Å²) in [7, 11) is 0. The maximum atomic E-state index is 12.8. The van der Waals surface area contributed by atoms with Crippen molar-refractivity contribution in [3.05, 3.63) is 89.1 Å². The highest BCUT2D eigenvalue weighted by atomic mass is 19.4. The van der Waals surface area contributed by atoms with E-state index in [4.69, 9.17) is 9.15 Å². The molecule has 0 saturated heterocycles. The molecule has 1 N–H and O–H groups in total. The summed E-state index contributed by atoms with van der Waals surface area (Å²) >= 11 is 0. The fourth-order valence-corrected chi connectivity index (χ4v) is 2.53. The lowest BCUT2D eigenvalue weighted by atomic mass is 10.2. The van der Waals surface area contributed by atoms with Gasteiger partial charge in [0.05, 0.1) is 17.8 Å². The Morgan fingerprint density at radius 1 is 1.19 bits per heavy atom. The third kappa shape index (κ3) is 6.21. The van der Waals surface area contributed by atoms with Crippen molar-refractivity contribution in [1.29, 1.82) is 5.26 Å². The molecule has 1 aromatic carbocycles. The van der Waals surface area contributed by atoms with Gasteiger partial charge in [-0.05, 0) is 42.5 Å². The highest BCUT2D eigenvalue weighted by Gasteiger charge is 2.30. The predicted octanol–water partition coefficient (Wildman–Crippen LogP) is 4.50. The number of rotatable bonds is 7. The van der Waals surface area contributed by atoms with Gasteiger partial charge in [0.1, 0.15) is 35.5 Å². The smallest absolute Gasteiger partial charge is 0.416 e. The van der Waals surface area contributed by atoms with Crippen LogP contribution >= 0.6 is 0 Å². The van der Waals surface area contributed by atoms with E-state index in [1.807, 2.05) is 0 Å². The van der Waals surface area contributed by atoms with Gasteiger partial charge in [-0.25, -0.2) is 0 Å². The summed E-state index contributed by atoms with van der Waals surface area (Å²) in [6, 6.07) is 14.6. The second-order valence-electron chi connectivity index (χ2n) is 6.29. The predicted molar refractivity (Wildman–Crippen MR) is 104 cm³/mol. The van der Waals surface area contributed by atoms with Crippen molar-refractivity contribution < 1.29 is 27.1 Å². The fraction of sp³-hybridized carbons (Fsp3) is 0.136. The maximum Gasteiger partial charge on any atom is 0.416 e. The van der Waals surface area contributed by atoms with Crippen LogP contribution in [0.4, 0.5) is 13.2 Å². The van der Waals surface area contributed by atoms with Crippen LogP contribution in [0, 0.1) is 11.3 Å². The van der Waals surface area contributed by atoms with Crippen molar-refractivity contribution >= 4 is 12.0 Å². The second-order valence-corrected chi connectivity index (χ2v) is 6.29. The zero-order chi connectivity index (χ0) is 22.3.